The van der Waals surface area contributed by atoms with E-state index in [1.165, 1.54) is 0 Å². The highest BCUT2D eigenvalue weighted by atomic mass is 32.1. The zero-order valence-electron chi connectivity index (χ0n) is 15.5. The lowest BCUT2D eigenvalue weighted by atomic mass is 10.1. The van der Waals surface area contributed by atoms with Gasteiger partial charge in [-0.25, -0.2) is 4.98 Å². The summed E-state index contributed by atoms with van der Waals surface area (Å²) < 4.78 is 7.58. The Morgan fingerprint density at radius 2 is 2.04 bits per heavy atom. The van der Waals surface area contributed by atoms with Crippen molar-refractivity contribution in [2.45, 2.75) is 26.4 Å². The molecule has 28 heavy (non-hydrogen) atoms. The van der Waals surface area contributed by atoms with Gasteiger partial charge in [-0.2, -0.15) is 5.10 Å². The number of amides is 1. The van der Waals surface area contributed by atoms with Gasteiger partial charge in [0.1, 0.15) is 5.76 Å². The van der Waals surface area contributed by atoms with E-state index in [0.717, 1.165) is 16.0 Å². The Hall–Kier alpha value is -3.19. The fourth-order valence-corrected chi connectivity index (χ4v) is 3.61. The number of aryl methyl sites for hydroxylation is 1. The first kappa shape index (κ1) is 18.2. The minimum atomic E-state index is -0.0805. The molecule has 0 fully saturated rings. The summed E-state index contributed by atoms with van der Waals surface area (Å²) in [5, 5.41) is 9.21. The quantitative estimate of drug-likeness (QED) is 0.519. The molecule has 4 aromatic rings. The third-order valence-corrected chi connectivity index (χ3v) is 5.30. The lowest BCUT2D eigenvalue weighted by molar-refractivity contribution is -0.120. The van der Waals surface area contributed by atoms with Crippen molar-refractivity contribution in [3.63, 3.8) is 0 Å². The zero-order chi connectivity index (χ0) is 19.3. The van der Waals surface area contributed by atoms with Gasteiger partial charge in [0.15, 0.2) is 0 Å². The van der Waals surface area contributed by atoms with Crippen molar-refractivity contribution >= 4 is 17.2 Å². The second kappa shape index (κ2) is 8.22. The fraction of sp³-hybridized carbons (Fsp3) is 0.190. The van der Waals surface area contributed by atoms with E-state index in [1.54, 1.807) is 17.5 Å². The summed E-state index contributed by atoms with van der Waals surface area (Å²) in [6.45, 7) is 2.97. The Morgan fingerprint density at radius 1 is 1.18 bits per heavy atom. The van der Waals surface area contributed by atoms with E-state index in [2.05, 4.69) is 21.5 Å². The third-order valence-electron chi connectivity index (χ3n) is 4.44. The first-order chi connectivity index (χ1) is 13.7. The summed E-state index contributed by atoms with van der Waals surface area (Å²) in [6, 6.07) is 13.9. The number of hydrogen-bond donors (Lipinski definition) is 1. The smallest absolute Gasteiger partial charge is 0.236 e. The number of benzene rings is 1. The molecule has 1 amide bonds. The predicted molar refractivity (Wildman–Crippen MR) is 108 cm³/mol. The molecule has 1 aromatic carbocycles. The highest BCUT2D eigenvalue weighted by Gasteiger charge is 2.15. The lowest BCUT2D eigenvalue weighted by Gasteiger charge is -2.11. The van der Waals surface area contributed by atoms with E-state index in [4.69, 9.17) is 4.42 Å². The Labute approximate surface area is 166 Å². The number of oxazole rings is 1. The van der Waals surface area contributed by atoms with Crippen LogP contribution < -0.4 is 5.32 Å². The van der Waals surface area contributed by atoms with E-state index in [1.807, 2.05) is 59.6 Å². The van der Waals surface area contributed by atoms with Crippen LogP contribution in [0.1, 0.15) is 22.6 Å². The molecular formula is C21H20N4O2S. The van der Waals surface area contributed by atoms with Crippen LogP contribution in [0.2, 0.25) is 0 Å². The van der Waals surface area contributed by atoms with Gasteiger partial charge in [-0.15, -0.1) is 11.3 Å². The second-order valence-corrected chi connectivity index (χ2v) is 7.37. The maximum Gasteiger partial charge on any atom is 0.236 e. The Morgan fingerprint density at radius 3 is 2.79 bits per heavy atom. The molecule has 7 heteroatoms. The Kier molecular flexibility index (Phi) is 5.34. The second-order valence-electron chi connectivity index (χ2n) is 6.43. The van der Waals surface area contributed by atoms with Gasteiger partial charge in [-0.1, -0.05) is 30.3 Å². The molecule has 0 aliphatic carbocycles. The minimum Gasteiger partial charge on any atom is -0.440 e. The summed E-state index contributed by atoms with van der Waals surface area (Å²) >= 11 is 1.56. The van der Waals surface area contributed by atoms with Gasteiger partial charge < -0.3 is 9.73 Å². The van der Waals surface area contributed by atoms with Gasteiger partial charge in [-0.3, -0.25) is 9.48 Å². The molecule has 0 saturated heterocycles. The van der Waals surface area contributed by atoms with Crippen molar-refractivity contribution in [2.75, 3.05) is 0 Å². The highest BCUT2D eigenvalue weighted by molar-refractivity contribution is 7.13. The molecule has 0 spiro atoms. The predicted octanol–water partition coefficient (Wildman–Crippen LogP) is 3.82. The van der Waals surface area contributed by atoms with Gasteiger partial charge in [0, 0.05) is 18.9 Å². The van der Waals surface area contributed by atoms with Crippen molar-refractivity contribution < 1.29 is 9.21 Å². The third kappa shape index (κ3) is 4.20. The lowest BCUT2D eigenvalue weighted by Crippen LogP contribution is -2.25. The highest BCUT2D eigenvalue weighted by Crippen LogP contribution is 2.26. The van der Waals surface area contributed by atoms with Crippen molar-refractivity contribution in [2.24, 2.45) is 0 Å². The van der Waals surface area contributed by atoms with Crippen LogP contribution in [0.3, 0.4) is 0 Å². The molecule has 142 valence electrons. The van der Waals surface area contributed by atoms with Crippen LogP contribution in [0.15, 0.2) is 64.7 Å². The number of thiophene rings is 1. The van der Waals surface area contributed by atoms with Crippen molar-refractivity contribution in [3.05, 3.63) is 82.8 Å². The van der Waals surface area contributed by atoms with Crippen LogP contribution in [0.4, 0.5) is 0 Å². The average molecular weight is 392 g/mol. The molecule has 1 N–H and O–H groups in total. The molecule has 6 nitrogen and oxygen atoms in total. The van der Waals surface area contributed by atoms with Crippen molar-refractivity contribution in [1.29, 1.82) is 0 Å². The molecule has 3 heterocycles. The van der Waals surface area contributed by atoms with Crippen LogP contribution in [-0.2, 0) is 24.3 Å². The fourth-order valence-electron chi connectivity index (χ4n) is 2.96. The molecule has 0 aliphatic heterocycles. The molecule has 0 radical (unpaired) electrons. The van der Waals surface area contributed by atoms with Gasteiger partial charge in [0.2, 0.25) is 11.8 Å². The summed E-state index contributed by atoms with van der Waals surface area (Å²) in [7, 11) is 0. The molecule has 3 aromatic heterocycles. The van der Waals surface area contributed by atoms with Crippen molar-refractivity contribution in [1.82, 2.24) is 20.1 Å². The standard InChI is InChI=1S/C21H20N4O2S/c1-15-18(24-21(27-15)19-8-4-11-28-19)12-20(26)22-13-16-6-2-3-7-17(16)14-25-10-5-9-23-25/h2-11H,12-14H2,1H3,(H,22,26). The summed E-state index contributed by atoms with van der Waals surface area (Å²) in [4.78, 5) is 17.9. The minimum absolute atomic E-state index is 0.0805. The molecule has 0 atom stereocenters. The van der Waals surface area contributed by atoms with Gasteiger partial charge in [0.05, 0.1) is 23.5 Å². The molecule has 0 bridgehead atoms. The molecule has 0 aliphatic rings. The van der Waals surface area contributed by atoms with Crippen LogP contribution in [-0.4, -0.2) is 20.7 Å². The first-order valence-electron chi connectivity index (χ1n) is 9.00. The number of rotatable bonds is 7. The molecule has 0 unspecified atom stereocenters. The van der Waals surface area contributed by atoms with E-state index in [9.17, 15) is 4.79 Å². The van der Waals surface area contributed by atoms with Crippen LogP contribution in [0.5, 0.6) is 0 Å². The van der Waals surface area contributed by atoms with E-state index in [-0.39, 0.29) is 12.3 Å². The molecule has 4 rings (SSSR count). The van der Waals surface area contributed by atoms with Gasteiger partial charge in [-0.05, 0) is 35.6 Å². The first-order valence-corrected chi connectivity index (χ1v) is 9.88. The number of carbonyl (C=O) groups excluding carboxylic acids is 1. The van der Waals surface area contributed by atoms with E-state index in [0.29, 0.717) is 30.4 Å². The summed E-state index contributed by atoms with van der Waals surface area (Å²) in [5.74, 6) is 1.17. The van der Waals surface area contributed by atoms with E-state index < -0.39 is 0 Å². The van der Waals surface area contributed by atoms with Crippen LogP contribution in [0.25, 0.3) is 10.8 Å². The normalized spacial score (nSPS) is 10.9. The molecular weight excluding hydrogens is 372 g/mol. The SMILES string of the molecule is Cc1oc(-c2cccs2)nc1CC(=O)NCc1ccccc1Cn1cccn1. The largest absolute Gasteiger partial charge is 0.440 e. The molecule has 0 saturated carbocycles. The topological polar surface area (TPSA) is 73.0 Å². The maximum absolute atomic E-state index is 12.5. The van der Waals surface area contributed by atoms with Crippen molar-refractivity contribution in [3.8, 4) is 10.8 Å². The number of nitrogens with zero attached hydrogens (tertiary/aromatic N) is 3. The number of aromatic nitrogens is 3. The monoisotopic (exact) mass is 392 g/mol. The van der Waals surface area contributed by atoms with Crippen LogP contribution >= 0.6 is 11.3 Å². The van der Waals surface area contributed by atoms with E-state index >= 15 is 0 Å². The summed E-state index contributed by atoms with van der Waals surface area (Å²) in [5.41, 5.74) is 2.87. The zero-order valence-corrected chi connectivity index (χ0v) is 16.3. The summed E-state index contributed by atoms with van der Waals surface area (Å²) in [6.07, 6.45) is 3.88. The Bertz CT molecular complexity index is 1050. The maximum atomic E-state index is 12.5. The number of carbonyl (C=O) groups is 1. The average Bonchev–Trinajstić information content (AvgIpc) is 3.44. The van der Waals surface area contributed by atoms with Gasteiger partial charge in [0.25, 0.3) is 0 Å². The van der Waals surface area contributed by atoms with Crippen LogP contribution in [0, 0.1) is 6.92 Å². The Balaban J connectivity index is 1.39. The van der Waals surface area contributed by atoms with Gasteiger partial charge >= 0.3 is 0 Å². The number of nitrogens with one attached hydrogen (secondary N) is 1. The number of hydrogen-bond acceptors (Lipinski definition) is 5.